The largest absolute Gasteiger partial charge is 0.496 e. The van der Waals surface area contributed by atoms with Gasteiger partial charge < -0.3 is 29.4 Å². The maximum absolute atomic E-state index is 13.2. The molecule has 9 heteroatoms. The Labute approximate surface area is 216 Å². The number of aromatic nitrogens is 2. The predicted molar refractivity (Wildman–Crippen MR) is 142 cm³/mol. The standard InChI is InChI=1S/C28H35N5O4/c1-18(2)26(27(35)29-11-13-31-12-10-21-23(31)7-4-8-24(21)37-3)30-28(36)32-15-19-14-20(17-32)22-6-5-9-25(34)33(22)16-19/h4-10,12,18-20,26H,11,13-17H2,1-3H3,(H,29,35)(H,30,36)/t19-,20+,26+/m0/s1. The quantitative estimate of drug-likeness (QED) is 0.516. The number of fused-ring (bicyclic) bond motifs is 5. The molecule has 2 aromatic heterocycles. The molecule has 0 saturated carbocycles. The number of methoxy groups -OCH3 is 1. The fraction of sp³-hybridized carbons (Fsp3) is 0.464. The average molecular weight is 506 g/mol. The van der Waals surface area contributed by atoms with Crippen molar-refractivity contribution < 1.29 is 14.3 Å². The number of hydrogen-bond donors (Lipinski definition) is 2. The molecule has 1 aromatic carbocycles. The summed E-state index contributed by atoms with van der Waals surface area (Å²) in [6, 6.07) is 12.4. The van der Waals surface area contributed by atoms with Crippen molar-refractivity contribution in [3.8, 4) is 5.75 Å². The van der Waals surface area contributed by atoms with Gasteiger partial charge in [0.15, 0.2) is 0 Å². The van der Waals surface area contributed by atoms with E-state index < -0.39 is 6.04 Å². The zero-order chi connectivity index (χ0) is 26.1. The van der Waals surface area contributed by atoms with Gasteiger partial charge in [-0.1, -0.05) is 26.0 Å². The summed E-state index contributed by atoms with van der Waals surface area (Å²) in [6.45, 7) is 6.67. The Balaban J connectivity index is 1.19. The van der Waals surface area contributed by atoms with Crippen molar-refractivity contribution in [2.75, 3.05) is 26.7 Å². The average Bonchev–Trinajstić information content (AvgIpc) is 3.30. The minimum absolute atomic E-state index is 0.0219. The van der Waals surface area contributed by atoms with Crippen molar-refractivity contribution in [3.63, 3.8) is 0 Å². The van der Waals surface area contributed by atoms with Gasteiger partial charge in [0.25, 0.3) is 5.56 Å². The van der Waals surface area contributed by atoms with Gasteiger partial charge in [-0.05, 0) is 42.5 Å². The molecule has 0 unspecified atom stereocenters. The van der Waals surface area contributed by atoms with Crippen LogP contribution in [0, 0.1) is 11.8 Å². The summed E-state index contributed by atoms with van der Waals surface area (Å²) >= 11 is 0. The van der Waals surface area contributed by atoms with E-state index in [1.165, 1.54) is 0 Å². The third-order valence-electron chi connectivity index (χ3n) is 7.64. The number of amides is 3. The Kier molecular flexibility index (Phi) is 6.95. The molecule has 2 N–H and O–H groups in total. The number of carbonyl (C=O) groups excluding carboxylic acids is 2. The molecule has 2 aliphatic rings. The Morgan fingerprint density at radius 3 is 2.68 bits per heavy atom. The van der Waals surface area contributed by atoms with E-state index in [1.54, 1.807) is 19.2 Å². The van der Waals surface area contributed by atoms with Crippen LogP contribution in [0.1, 0.15) is 31.9 Å². The van der Waals surface area contributed by atoms with E-state index in [0.29, 0.717) is 32.7 Å². The molecular weight excluding hydrogens is 470 g/mol. The number of pyridine rings is 1. The third-order valence-corrected chi connectivity index (χ3v) is 7.64. The third kappa shape index (κ3) is 4.95. The fourth-order valence-electron chi connectivity index (χ4n) is 5.80. The molecule has 2 bridgehead atoms. The van der Waals surface area contributed by atoms with Gasteiger partial charge in [0.2, 0.25) is 5.91 Å². The van der Waals surface area contributed by atoms with Crippen molar-refractivity contribution in [3.05, 3.63) is 64.7 Å². The molecule has 2 aliphatic heterocycles. The molecule has 4 heterocycles. The van der Waals surface area contributed by atoms with Crippen molar-refractivity contribution >= 4 is 22.8 Å². The van der Waals surface area contributed by atoms with Crippen LogP contribution in [0.25, 0.3) is 10.9 Å². The molecule has 37 heavy (non-hydrogen) atoms. The maximum atomic E-state index is 13.2. The Morgan fingerprint density at radius 1 is 1.08 bits per heavy atom. The summed E-state index contributed by atoms with van der Waals surface area (Å²) in [5.41, 5.74) is 2.06. The van der Waals surface area contributed by atoms with Crippen LogP contribution in [0.2, 0.25) is 0 Å². The molecule has 3 amide bonds. The Bertz CT molecular complexity index is 1360. The number of nitrogens with one attached hydrogen (secondary N) is 2. The van der Waals surface area contributed by atoms with E-state index in [4.69, 9.17) is 4.74 Å². The molecule has 5 rings (SSSR count). The van der Waals surface area contributed by atoms with Crippen LogP contribution in [0.15, 0.2) is 53.5 Å². The second-order valence-electron chi connectivity index (χ2n) is 10.5. The van der Waals surface area contributed by atoms with Gasteiger partial charge in [-0.3, -0.25) is 9.59 Å². The first-order valence-corrected chi connectivity index (χ1v) is 13.0. The van der Waals surface area contributed by atoms with E-state index in [9.17, 15) is 14.4 Å². The zero-order valence-corrected chi connectivity index (χ0v) is 21.6. The fourth-order valence-corrected chi connectivity index (χ4v) is 5.80. The monoisotopic (exact) mass is 505 g/mol. The SMILES string of the molecule is COc1cccc2c1ccn2CCNC(=O)[C@H](NC(=O)N1C[C@@H]2C[C@H](C1)c1cccc(=O)n1C2)C(C)C. The van der Waals surface area contributed by atoms with Crippen LogP contribution < -0.4 is 20.9 Å². The number of nitrogens with zero attached hydrogens (tertiary/aromatic N) is 3. The number of likely N-dealkylation sites (tertiary alicyclic amines) is 1. The van der Waals surface area contributed by atoms with E-state index in [0.717, 1.165) is 28.8 Å². The highest BCUT2D eigenvalue weighted by Crippen LogP contribution is 2.35. The summed E-state index contributed by atoms with van der Waals surface area (Å²) in [5.74, 6) is 0.933. The summed E-state index contributed by atoms with van der Waals surface area (Å²) in [6.07, 6.45) is 2.96. The topological polar surface area (TPSA) is 97.6 Å². The summed E-state index contributed by atoms with van der Waals surface area (Å²) in [7, 11) is 1.66. The normalized spacial score (nSPS) is 19.4. The second-order valence-corrected chi connectivity index (χ2v) is 10.5. The van der Waals surface area contributed by atoms with Crippen LogP contribution in [0.3, 0.4) is 0 Å². The lowest BCUT2D eigenvalue weighted by molar-refractivity contribution is -0.124. The van der Waals surface area contributed by atoms with Crippen molar-refractivity contribution in [2.24, 2.45) is 11.8 Å². The van der Waals surface area contributed by atoms with Gasteiger partial charge in [0.05, 0.1) is 12.6 Å². The summed E-state index contributed by atoms with van der Waals surface area (Å²) in [5, 5.41) is 7.01. The number of ether oxygens (including phenoxy) is 1. The van der Waals surface area contributed by atoms with Crippen molar-refractivity contribution in [2.45, 2.75) is 45.3 Å². The Hall–Kier alpha value is -3.75. The van der Waals surface area contributed by atoms with Crippen LogP contribution in [0.5, 0.6) is 5.75 Å². The molecule has 3 atom stereocenters. The van der Waals surface area contributed by atoms with E-state index in [1.807, 2.05) is 59.8 Å². The van der Waals surface area contributed by atoms with Crippen LogP contribution in [0.4, 0.5) is 4.79 Å². The van der Waals surface area contributed by atoms with Gasteiger partial charge in [-0.2, -0.15) is 0 Å². The first kappa shape index (κ1) is 24.9. The number of rotatable bonds is 7. The van der Waals surface area contributed by atoms with Crippen molar-refractivity contribution in [1.82, 2.24) is 24.7 Å². The Morgan fingerprint density at radius 2 is 1.89 bits per heavy atom. The lowest BCUT2D eigenvalue weighted by Crippen LogP contribution is -2.57. The number of piperidine rings is 1. The highest BCUT2D eigenvalue weighted by molar-refractivity contribution is 5.88. The number of benzene rings is 1. The molecule has 1 saturated heterocycles. The molecule has 196 valence electrons. The highest BCUT2D eigenvalue weighted by Gasteiger charge is 2.37. The first-order valence-electron chi connectivity index (χ1n) is 13.0. The smallest absolute Gasteiger partial charge is 0.318 e. The number of carbonyl (C=O) groups is 2. The molecule has 9 nitrogen and oxygen atoms in total. The molecule has 3 aromatic rings. The molecule has 0 aliphatic carbocycles. The summed E-state index contributed by atoms with van der Waals surface area (Å²) < 4.78 is 9.36. The van der Waals surface area contributed by atoms with E-state index in [-0.39, 0.29) is 35.3 Å². The minimum Gasteiger partial charge on any atom is -0.496 e. The molecule has 1 fully saturated rings. The lowest BCUT2D eigenvalue weighted by atomic mass is 9.83. The van der Waals surface area contributed by atoms with Crippen molar-refractivity contribution in [1.29, 1.82) is 0 Å². The van der Waals surface area contributed by atoms with Crippen LogP contribution in [-0.4, -0.2) is 58.8 Å². The van der Waals surface area contributed by atoms with Crippen LogP contribution >= 0.6 is 0 Å². The minimum atomic E-state index is -0.634. The number of hydrogen-bond acceptors (Lipinski definition) is 4. The van der Waals surface area contributed by atoms with Gasteiger partial charge in [-0.25, -0.2) is 4.79 Å². The molecular formula is C28H35N5O4. The molecule has 0 spiro atoms. The maximum Gasteiger partial charge on any atom is 0.318 e. The van der Waals surface area contributed by atoms with E-state index >= 15 is 0 Å². The van der Waals surface area contributed by atoms with Gasteiger partial charge in [-0.15, -0.1) is 0 Å². The zero-order valence-electron chi connectivity index (χ0n) is 21.6. The van der Waals surface area contributed by atoms with Gasteiger partial charge in [0.1, 0.15) is 11.8 Å². The first-order chi connectivity index (χ1) is 17.9. The lowest BCUT2D eigenvalue weighted by Gasteiger charge is -2.43. The van der Waals surface area contributed by atoms with Gasteiger partial charge >= 0.3 is 6.03 Å². The van der Waals surface area contributed by atoms with Crippen LogP contribution in [-0.2, 0) is 17.9 Å². The summed E-state index contributed by atoms with van der Waals surface area (Å²) in [4.78, 5) is 40.4. The van der Waals surface area contributed by atoms with Gasteiger partial charge in [0, 0.05) is 62.0 Å². The number of urea groups is 1. The highest BCUT2D eigenvalue weighted by atomic mass is 16.5. The van der Waals surface area contributed by atoms with E-state index in [2.05, 4.69) is 15.2 Å². The second kappa shape index (κ2) is 10.3. The molecule has 0 radical (unpaired) electrons. The predicted octanol–water partition coefficient (Wildman–Crippen LogP) is 2.78.